The smallest absolute Gasteiger partial charge is 0.451 e. The third-order valence-electron chi connectivity index (χ3n) is 5.55. The number of fused-ring (bicyclic) bond motifs is 1. The van der Waals surface area contributed by atoms with Gasteiger partial charge in [0.2, 0.25) is 5.82 Å². The van der Waals surface area contributed by atoms with E-state index in [0.717, 1.165) is 6.20 Å². The van der Waals surface area contributed by atoms with Crippen LogP contribution in [0.15, 0.2) is 24.4 Å². The van der Waals surface area contributed by atoms with Crippen molar-refractivity contribution < 1.29 is 26.7 Å². The molecule has 2 saturated heterocycles. The Labute approximate surface area is 163 Å². The molecule has 1 aromatic heterocycles. The van der Waals surface area contributed by atoms with Gasteiger partial charge in [0.05, 0.1) is 13.3 Å². The summed E-state index contributed by atoms with van der Waals surface area (Å²) in [7, 11) is 1.34. The van der Waals surface area contributed by atoms with Crippen LogP contribution in [-0.2, 0) is 6.18 Å². The molecular weight excluding hydrogens is 395 g/mol. The molecule has 10 heteroatoms. The van der Waals surface area contributed by atoms with Crippen molar-refractivity contribution in [2.45, 2.75) is 31.1 Å². The number of nitrogens with zero attached hydrogens (tertiary/aromatic N) is 3. The van der Waals surface area contributed by atoms with E-state index in [0.29, 0.717) is 25.9 Å². The van der Waals surface area contributed by atoms with E-state index < -0.39 is 29.7 Å². The highest BCUT2D eigenvalue weighted by Gasteiger charge is 2.41. The highest BCUT2D eigenvalue weighted by Crippen LogP contribution is 2.40. The molecule has 3 unspecified atom stereocenters. The lowest BCUT2D eigenvalue weighted by Gasteiger charge is -2.36. The van der Waals surface area contributed by atoms with Gasteiger partial charge in [0.25, 0.3) is 0 Å². The summed E-state index contributed by atoms with van der Waals surface area (Å²) in [4.78, 5) is 8.73. The molecule has 1 aromatic carbocycles. The van der Waals surface area contributed by atoms with Crippen LogP contribution < -0.4 is 15.0 Å². The molecule has 0 radical (unpaired) electrons. The van der Waals surface area contributed by atoms with Crippen LogP contribution in [0.2, 0.25) is 0 Å². The number of rotatable bonds is 3. The Balaban J connectivity index is 1.57. The van der Waals surface area contributed by atoms with Crippen molar-refractivity contribution in [2.24, 2.45) is 5.92 Å². The summed E-state index contributed by atoms with van der Waals surface area (Å²) in [5.74, 6) is -2.21. The molecule has 2 fully saturated rings. The van der Waals surface area contributed by atoms with Gasteiger partial charge in [-0.2, -0.15) is 13.2 Å². The number of methoxy groups -OCH3 is 1. The highest BCUT2D eigenvalue weighted by atomic mass is 19.4. The summed E-state index contributed by atoms with van der Waals surface area (Å²) in [5, 5.41) is 3.28. The molecule has 29 heavy (non-hydrogen) atoms. The number of piperidine rings is 1. The zero-order chi connectivity index (χ0) is 20.8. The number of hydrogen-bond donors (Lipinski definition) is 1. The van der Waals surface area contributed by atoms with Crippen LogP contribution in [-0.4, -0.2) is 36.2 Å². The largest absolute Gasteiger partial charge is 0.491 e. The molecule has 0 aliphatic carbocycles. The van der Waals surface area contributed by atoms with Gasteiger partial charge in [0.15, 0.2) is 11.6 Å². The molecule has 2 aromatic rings. The van der Waals surface area contributed by atoms with E-state index in [1.807, 2.05) is 0 Å². The summed E-state index contributed by atoms with van der Waals surface area (Å²) < 4.78 is 72.5. The van der Waals surface area contributed by atoms with Gasteiger partial charge in [-0.25, -0.2) is 18.7 Å². The third-order valence-corrected chi connectivity index (χ3v) is 5.55. The van der Waals surface area contributed by atoms with E-state index in [9.17, 15) is 22.0 Å². The van der Waals surface area contributed by atoms with E-state index in [2.05, 4.69) is 15.3 Å². The summed E-state index contributed by atoms with van der Waals surface area (Å²) in [6, 6.07) is 3.30. The van der Waals surface area contributed by atoms with Crippen LogP contribution in [0.3, 0.4) is 0 Å². The summed E-state index contributed by atoms with van der Waals surface area (Å²) >= 11 is 0. The zero-order valence-electron chi connectivity index (χ0n) is 15.5. The van der Waals surface area contributed by atoms with Gasteiger partial charge < -0.3 is 15.0 Å². The lowest BCUT2D eigenvalue weighted by Crippen LogP contribution is -2.45. The fourth-order valence-electron chi connectivity index (χ4n) is 4.23. The minimum atomic E-state index is -4.66. The Hall–Kier alpha value is -2.49. The maximum Gasteiger partial charge on any atom is 0.451 e. The van der Waals surface area contributed by atoms with E-state index in [4.69, 9.17) is 4.74 Å². The lowest BCUT2D eigenvalue weighted by atomic mass is 9.91. The number of benzene rings is 1. The molecule has 0 spiro atoms. The van der Waals surface area contributed by atoms with Crippen LogP contribution >= 0.6 is 0 Å². The molecular formula is C19H19F5N4O. The maximum absolute atomic E-state index is 14.1. The van der Waals surface area contributed by atoms with E-state index in [1.54, 1.807) is 4.90 Å². The van der Waals surface area contributed by atoms with Crippen molar-refractivity contribution in [3.63, 3.8) is 0 Å². The second kappa shape index (κ2) is 7.40. The Morgan fingerprint density at radius 2 is 1.93 bits per heavy atom. The molecule has 2 aliphatic heterocycles. The van der Waals surface area contributed by atoms with Gasteiger partial charge in [-0.1, -0.05) is 6.07 Å². The lowest BCUT2D eigenvalue weighted by molar-refractivity contribution is -0.144. The molecule has 0 saturated carbocycles. The molecule has 3 atom stereocenters. The molecule has 156 valence electrons. The topological polar surface area (TPSA) is 50.3 Å². The van der Waals surface area contributed by atoms with E-state index in [1.165, 1.54) is 25.3 Å². The molecule has 4 rings (SSSR count). The number of halogens is 5. The number of hydrogen-bond acceptors (Lipinski definition) is 5. The van der Waals surface area contributed by atoms with Gasteiger partial charge in [0, 0.05) is 30.7 Å². The highest BCUT2D eigenvalue weighted by molar-refractivity contribution is 5.52. The fraction of sp³-hybridized carbons (Fsp3) is 0.474. The van der Waals surface area contributed by atoms with Crippen LogP contribution in [0.25, 0.3) is 0 Å². The van der Waals surface area contributed by atoms with E-state index in [-0.39, 0.29) is 29.1 Å². The average molecular weight is 414 g/mol. The van der Waals surface area contributed by atoms with Crippen LogP contribution in [0, 0.1) is 17.6 Å². The molecule has 0 bridgehead atoms. The number of nitrogens with one attached hydrogen (secondary N) is 1. The Kier molecular flexibility index (Phi) is 5.05. The SMILES string of the molecule is COc1cnc(C(F)(F)F)nc1N1CCC2NC(c3c(F)cccc3F)CC2C1. The third kappa shape index (κ3) is 3.73. The van der Waals surface area contributed by atoms with Crippen molar-refractivity contribution in [1.82, 2.24) is 15.3 Å². The fourth-order valence-corrected chi connectivity index (χ4v) is 4.23. The first-order valence-corrected chi connectivity index (χ1v) is 9.21. The molecule has 3 heterocycles. The number of anilines is 1. The van der Waals surface area contributed by atoms with Crippen LogP contribution in [0.1, 0.15) is 30.3 Å². The first kappa shape index (κ1) is 19.8. The van der Waals surface area contributed by atoms with Gasteiger partial charge in [0.1, 0.15) is 11.6 Å². The summed E-state index contributed by atoms with van der Waals surface area (Å²) in [6.45, 7) is 0.834. The maximum atomic E-state index is 14.1. The second-order valence-electron chi connectivity index (χ2n) is 7.27. The molecule has 5 nitrogen and oxygen atoms in total. The van der Waals surface area contributed by atoms with Crippen molar-refractivity contribution in [1.29, 1.82) is 0 Å². The number of alkyl halides is 3. The average Bonchev–Trinajstić information content (AvgIpc) is 3.09. The van der Waals surface area contributed by atoms with Crippen molar-refractivity contribution >= 4 is 5.82 Å². The minimum absolute atomic E-state index is 0.00163. The van der Waals surface area contributed by atoms with Crippen LogP contribution in [0.5, 0.6) is 5.75 Å². The predicted molar refractivity (Wildman–Crippen MR) is 94.5 cm³/mol. The zero-order valence-corrected chi connectivity index (χ0v) is 15.5. The predicted octanol–water partition coefficient (Wildman–Crippen LogP) is 3.71. The summed E-state index contributed by atoms with van der Waals surface area (Å²) in [6.07, 6.45) is -2.58. The quantitative estimate of drug-likeness (QED) is 0.776. The van der Waals surface area contributed by atoms with Gasteiger partial charge in [-0.3, -0.25) is 0 Å². The minimum Gasteiger partial charge on any atom is -0.491 e. The number of aromatic nitrogens is 2. The van der Waals surface area contributed by atoms with Crippen molar-refractivity contribution in [3.05, 3.63) is 47.4 Å². The monoisotopic (exact) mass is 414 g/mol. The molecule has 0 amide bonds. The van der Waals surface area contributed by atoms with Crippen LogP contribution in [0.4, 0.5) is 27.8 Å². The molecule has 2 aliphatic rings. The Morgan fingerprint density at radius 1 is 1.21 bits per heavy atom. The number of ether oxygens (including phenoxy) is 1. The van der Waals surface area contributed by atoms with E-state index >= 15 is 0 Å². The Morgan fingerprint density at radius 3 is 2.59 bits per heavy atom. The standard InChI is InChI=1S/C19H19F5N4O/c1-29-15-8-25-18(19(22,23)24)27-17(15)28-6-5-13-10(9-28)7-14(26-13)16-11(20)3-2-4-12(16)21/h2-4,8,10,13-14,26H,5-7,9H2,1H3. The van der Waals surface area contributed by atoms with Gasteiger partial charge in [-0.15, -0.1) is 0 Å². The Bertz CT molecular complexity index is 886. The molecule has 1 N–H and O–H groups in total. The first-order valence-electron chi connectivity index (χ1n) is 9.21. The van der Waals surface area contributed by atoms with Crippen molar-refractivity contribution in [2.75, 3.05) is 25.1 Å². The van der Waals surface area contributed by atoms with Crippen molar-refractivity contribution in [3.8, 4) is 5.75 Å². The second-order valence-corrected chi connectivity index (χ2v) is 7.27. The summed E-state index contributed by atoms with van der Waals surface area (Å²) in [5.41, 5.74) is 0.00687. The first-order chi connectivity index (χ1) is 13.8. The normalized spacial score (nSPS) is 24.5. The van der Waals surface area contributed by atoms with Gasteiger partial charge >= 0.3 is 6.18 Å². The van der Waals surface area contributed by atoms with Gasteiger partial charge in [-0.05, 0) is 30.9 Å².